The van der Waals surface area contributed by atoms with Gasteiger partial charge >= 0.3 is 0 Å². The summed E-state index contributed by atoms with van der Waals surface area (Å²) < 4.78 is 11.9. The van der Waals surface area contributed by atoms with Crippen molar-refractivity contribution in [3.63, 3.8) is 0 Å². The number of hydrogen-bond acceptors (Lipinski definition) is 7. The van der Waals surface area contributed by atoms with E-state index in [0.29, 0.717) is 6.42 Å². The monoisotopic (exact) mass is 520 g/mol. The van der Waals surface area contributed by atoms with Crippen LogP contribution < -0.4 is 5.32 Å². The number of hydrogen-bond donors (Lipinski definition) is 2. The Morgan fingerprint density at radius 3 is 2.61 bits per heavy atom. The van der Waals surface area contributed by atoms with E-state index in [9.17, 15) is 14.7 Å². The van der Waals surface area contributed by atoms with Crippen LogP contribution in [0.1, 0.15) is 84.3 Å². The van der Waals surface area contributed by atoms with Crippen molar-refractivity contribution in [1.82, 2.24) is 10.3 Å². The Morgan fingerprint density at radius 1 is 1.31 bits per heavy atom. The Hall–Kier alpha value is -1.61. The Bertz CT molecular complexity index is 973. The first kappa shape index (κ1) is 29.0. The van der Waals surface area contributed by atoms with Crippen LogP contribution in [0.2, 0.25) is 0 Å². The number of Topliss-reactive ketones (excluding diaryl/α,β-unsaturated/α-hetero) is 1. The predicted octanol–water partition coefficient (Wildman–Crippen LogP) is 4.70. The maximum absolute atomic E-state index is 13.5. The summed E-state index contributed by atoms with van der Waals surface area (Å²) in [5.41, 5.74) is 0.560. The number of methoxy groups -OCH3 is 1. The number of thiazole rings is 1. The van der Waals surface area contributed by atoms with E-state index in [1.807, 2.05) is 32.2 Å². The molecular formula is C28H44N2O5S. The van der Waals surface area contributed by atoms with Crippen LogP contribution in [0.5, 0.6) is 0 Å². The molecule has 3 heterocycles. The maximum atomic E-state index is 13.5. The minimum absolute atomic E-state index is 0.0478. The molecule has 2 aliphatic heterocycles. The van der Waals surface area contributed by atoms with Crippen molar-refractivity contribution in [3.8, 4) is 0 Å². The molecule has 0 unspecified atom stereocenters. The number of aryl methyl sites for hydroxylation is 1. The number of aliphatic hydroxyl groups is 1. The summed E-state index contributed by atoms with van der Waals surface area (Å²) >= 11 is 1.59. The summed E-state index contributed by atoms with van der Waals surface area (Å²) in [5.74, 6) is -0.587. The lowest BCUT2D eigenvalue weighted by atomic mass is 9.72. The van der Waals surface area contributed by atoms with Gasteiger partial charge in [0.05, 0.1) is 52.5 Å². The number of ether oxygens (including phenoxy) is 2. The number of carbonyl (C=O) groups is 2. The quantitative estimate of drug-likeness (QED) is 0.560. The van der Waals surface area contributed by atoms with Gasteiger partial charge in [0, 0.05) is 24.8 Å². The average molecular weight is 521 g/mol. The van der Waals surface area contributed by atoms with Crippen molar-refractivity contribution in [2.24, 2.45) is 17.3 Å². The van der Waals surface area contributed by atoms with E-state index >= 15 is 0 Å². The fraction of sp³-hybridized carbons (Fsp3) is 0.750. The third-order valence-corrected chi connectivity index (χ3v) is 9.09. The van der Waals surface area contributed by atoms with Gasteiger partial charge in [-0.1, -0.05) is 34.1 Å². The Kier molecular flexibility index (Phi) is 9.18. The molecule has 0 spiro atoms. The number of rotatable bonds is 3. The molecule has 2 N–H and O–H groups in total. The fourth-order valence-electron chi connectivity index (χ4n) is 5.61. The number of amides is 1. The fourth-order valence-corrected chi connectivity index (χ4v) is 6.18. The number of nitrogens with one attached hydrogen (secondary N) is 1. The first-order valence-corrected chi connectivity index (χ1v) is 14.0. The largest absolute Gasteiger partial charge is 0.392 e. The number of aliphatic hydroxyl groups excluding tert-OH is 1. The summed E-state index contributed by atoms with van der Waals surface area (Å²) in [6.07, 6.45) is 4.00. The lowest BCUT2D eigenvalue weighted by Gasteiger charge is -2.36. The van der Waals surface area contributed by atoms with E-state index in [0.717, 1.165) is 35.5 Å². The van der Waals surface area contributed by atoms with E-state index < -0.39 is 17.4 Å². The zero-order valence-corrected chi connectivity index (χ0v) is 23.9. The van der Waals surface area contributed by atoms with Gasteiger partial charge in [-0.15, -0.1) is 11.3 Å². The number of ketones is 1. The summed E-state index contributed by atoms with van der Waals surface area (Å²) in [4.78, 5) is 31.1. The van der Waals surface area contributed by atoms with Crippen LogP contribution in [0, 0.1) is 24.2 Å². The van der Waals surface area contributed by atoms with E-state index in [2.05, 4.69) is 24.1 Å². The van der Waals surface area contributed by atoms with Crippen LogP contribution in [-0.4, -0.2) is 58.8 Å². The molecule has 1 aromatic heterocycles. The van der Waals surface area contributed by atoms with Crippen LogP contribution in [0.25, 0.3) is 6.08 Å². The SMILES string of the molecule is CO[C@H]1[C@@H](C)CCC[C@@]2(C)O[C@H]2C[C@@H](/C(C)=C/c2csc(C)n2)NC(=O)C[C@H](O)C(C)(C)C(=O)[C@@H]1C. The molecule has 202 valence electrons. The number of carbonyl (C=O) groups excluding carboxylic acids is 2. The topological polar surface area (TPSA) is 101 Å². The Labute approximate surface area is 220 Å². The van der Waals surface area contributed by atoms with Crippen LogP contribution >= 0.6 is 11.3 Å². The molecule has 2 saturated heterocycles. The minimum atomic E-state index is -1.11. The van der Waals surface area contributed by atoms with Gasteiger partial charge in [-0.2, -0.15) is 0 Å². The Morgan fingerprint density at radius 2 is 2.00 bits per heavy atom. The average Bonchev–Trinajstić information content (AvgIpc) is 3.24. The Balaban J connectivity index is 1.87. The van der Waals surface area contributed by atoms with Gasteiger partial charge < -0.3 is 19.9 Å². The summed E-state index contributed by atoms with van der Waals surface area (Å²) in [5, 5.41) is 17.1. The highest BCUT2D eigenvalue weighted by molar-refractivity contribution is 7.09. The molecule has 2 fully saturated rings. The third kappa shape index (κ3) is 6.63. The van der Waals surface area contributed by atoms with Crippen molar-refractivity contribution in [2.75, 3.05) is 7.11 Å². The van der Waals surface area contributed by atoms with Gasteiger partial charge in [0.2, 0.25) is 5.91 Å². The molecule has 36 heavy (non-hydrogen) atoms. The van der Waals surface area contributed by atoms with Crippen LogP contribution in [0.4, 0.5) is 0 Å². The highest BCUT2D eigenvalue weighted by Gasteiger charge is 2.52. The summed E-state index contributed by atoms with van der Waals surface area (Å²) in [6, 6.07) is -0.249. The van der Waals surface area contributed by atoms with Gasteiger partial charge in [-0.05, 0) is 51.2 Å². The van der Waals surface area contributed by atoms with Gasteiger partial charge in [-0.25, -0.2) is 4.98 Å². The number of nitrogens with zero attached hydrogens (tertiary/aromatic N) is 1. The normalized spacial score (nSPS) is 36.8. The van der Waals surface area contributed by atoms with E-state index in [1.54, 1.807) is 32.3 Å². The van der Waals surface area contributed by atoms with E-state index in [4.69, 9.17) is 9.47 Å². The number of aromatic nitrogens is 1. The molecule has 0 bridgehead atoms. The highest BCUT2D eigenvalue weighted by Crippen LogP contribution is 2.44. The molecular weight excluding hydrogens is 476 g/mol. The highest BCUT2D eigenvalue weighted by atomic mass is 32.1. The number of epoxide rings is 1. The number of fused-ring (bicyclic) bond motifs is 1. The van der Waals surface area contributed by atoms with Crippen molar-refractivity contribution < 1.29 is 24.2 Å². The second-order valence-corrected chi connectivity index (χ2v) is 12.7. The molecule has 7 nitrogen and oxygen atoms in total. The van der Waals surface area contributed by atoms with Crippen molar-refractivity contribution >= 4 is 29.1 Å². The van der Waals surface area contributed by atoms with Crippen molar-refractivity contribution in [3.05, 3.63) is 21.7 Å². The lowest BCUT2D eigenvalue weighted by Crippen LogP contribution is -2.47. The molecule has 0 saturated carbocycles. The smallest absolute Gasteiger partial charge is 0.223 e. The predicted molar refractivity (Wildman–Crippen MR) is 143 cm³/mol. The molecule has 0 aromatic carbocycles. The summed E-state index contributed by atoms with van der Waals surface area (Å²) in [6.45, 7) is 13.5. The van der Waals surface area contributed by atoms with Gasteiger partial charge in [-0.3, -0.25) is 9.59 Å². The first-order chi connectivity index (χ1) is 16.8. The molecule has 8 heteroatoms. The van der Waals surface area contributed by atoms with Gasteiger partial charge in [0.1, 0.15) is 5.78 Å². The molecule has 2 aliphatic rings. The first-order valence-electron chi connectivity index (χ1n) is 13.1. The molecule has 0 radical (unpaired) electrons. The van der Waals surface area contributed by atoms with Crippen LogP contribution in [0.3, 0.4) is 0 Å². The van der Waals surface area contributed by atoms with Crippen LogP contribution in [0.15, 0.2) is 11.0 Å². The second-order valence-electron chi connectivity index (χ2n) is 11.6. The van der Waals surface area contributed by atoms with Gasteiger partial charge in [0.25, 0.3) is 0 Å². The van der Waals surface area contributed by atoms with Crippen molar-refractivity contribution in [1.29, 1.82) is 0 Å². The molecule has 0 aliphatic carbocycles. The zero-order valence-electron chi connectivity index (χ0n) is 23.1. The second kappa shape index (κ2) is 11.4. The van der Waals surface area contributed by atoms with E-state index in [-0.39, 0.29) is 47.9 Å². The molecule has 1 aromatic rings. The minimum Gasteiger partial charge on any atom is -0.392 e. The molecule has 3 rings (SSSR count). The molecule has 1 amide bonds. The lowest BCUT2D eigenvalue weighted by molar-refractivity contribution is -0.144. The van der Waals surface area contributed by atoms with Gasteiger partial charge in [0.15, 0.2) is 0 Å². The zero-order chi connectivity index (χ0) is 26.8. The third-order valence-electron chi connectivity index (χ3n) is 8.30. The van der Waals surface area contributed by atoms with E-state index in [1.165, 1.54) is 0 Å². The maximum Gasteiger partial charge on any atom is 0.223 e. The van der Waals surface area contributed by atoms with Crippen LogP contribution in [-0.2, 0) is 19.1 Å². The van der Waals surface area contributed by atoms with Crippen molar-refractivity contribution in [2.45, 2.75) is 111 Å². The molecule has 7 atom stereocenters. The standard InChI is InChI=1S/C28H44N2O5S/c1-16-10-9-11-28(7)23(35-28)13-21(17(2)12-20-15-36-19(4)29-20)30-24(32)14-22(31)27(5,6)26(33)18(3)25(16)34-8/h12,15-16,18,21-23,25,31H,9-11,13-14H2,1-8H3,(H,30,32)/b17-12+/t16-,18+,21-,22-,23-,25-,28+/m0/s1. The summed E-state index contributed by atoms with van der Waals surface area (Å²) in [7, 11) is 1.64.